The number of carbonyl (C=O) groups excluding carboxylic acids is 2. The zero-order valence-electron chi connectivity index (χ0n) is 16.2. The number of hydrazone groups is 1. The molecule has 0 aliphatic heterocycles. The van der Waals surface area contributed by atoms with Gasteiger partial charge >= 0.3 is 0 Å². The third-order valence-electron chi connectivity index (χ3n) is 4.18. The molecule has 0 aromatic heterocycles. The summed E-state index contributed by atoms with van der Waals surface area (Å²) >= 11 is 1.67. The van der Waals surface area contributed by atoms with E-state index in [-0.39, 0.29) is 11.8 Å². The summed E-state index contributed by atoms with van der Waals surface area (Å²) in [6.45, 7) is 1.94. The minimum atomic E-state index is -0.321. The largest absolute Gasteiger partial charge is 0.322 e. The number of carbonyl (C=O) groups is 2. The first-order chi connectivity index (χ1) is 14.0. The van der Waals surface area contributed by atoms with Crippen molar-refractivity contribution in [3.63, 3.8) is 0 Å². The van der Waals surface area contributed by atoms with E-state index < -0.39 is 0 Å². The molecular formula is C23H21N3O2S. The third kappa shape index (κ3) is 5.80. The van der Waals surface area contributed by atoms with Gasteiger partial charge in [0, 0.05) is 21.7 Å². The van der Waals surface area contributed by atoms with Gasteiger partial charge in [-0.2, -0.15) is 5.10 Å². The first kappa shape index (κ1) is 20.4. The molecule has 2 amide bonds. The summed E-state index contributed by atoms with van der Waals surface area (Å²) in [4.78, 5) is 25.7. The van der Waals surface area contributed by atoms with Crippen LogP contribution in [0.1, 0.15) is 31.8 Å². The molecule has 0 saturated heterocycles. The number of hydrogen-bond acceptors (Lipinski definition) is 4. The maximum Gasteiger partial charge on any atom is 0.271 e. The van der Waals surface area contributed by atoms with Crippen LogP contribution < -0.4 is 10.7 Å². The van der Waals surface area contributed by atoms with Crippen molar-refractivity contribution in [2.45, 2.75) is 11.8 Å². The highest BCUT2D eigenvalue weighted by atomic mass is 32.2. The van der Waals surface area contributed by atoms with Crippen LogP contribution in [0.2, 0.25) is 0 Å². The van der Waals surface area contributed by atoms with Crippen LogP contribution in [-0.2, 0) is 0 Å². The normalized spacial score (nSPS) is 10.7. The number of nitrogens with zero attached hydrogens (tertiary/aromatic N) is 1. The second-order valence-electron chi connectivity index (χ2n) is 6.37. The quantitative estimate of drug-likeness (QED) is 0.355. The van der Waals surface area contributed by atoms with Crippen LogP contribution in [0.4, 0.5) is 5.69 Å². The van der Waals surface area contributed by atoms with Gasteiger partial charge in [-0.1, -0.05) is 29.8 Å². The van der Waals surface area contributed by atoms with Crippen molar-refractivity contribution in [3.8, 4) is 0 Å². The van der Waals surface area contributed by atoms with Crippen molar-refractivity contribution in [1.82, 2.24) is 5.43 Å². The molecule has 0 heterocycles. The summed E-state index contributed by atoms with van der Waals surface area (Å²) < 4.78 is 0. The van der Waals surface area contributed by atoms with E-state index in [0.29, 0.717) is 16.8 Å². The Balaban J connectivity index is 1.56. The van der Waals surface area contributed by atoms with Crippen LogP contribution in [0, 0.1) is 6.92 Å². The number of aryl methyl sites for hydroxylation is 1. The van der Waals surface area contributed by atoms with Crippen LogP contribution in [0.3, 0.4) is 0 Å². The van der Waals surface area contributed by atoms with E-state index in [1.807, 2.05) is 55.6 Å². The Morgan fingerprint density at radius 1 is 0.897 bits per heavy atom. The molecule has 3 rings (SSSR count). The second-order valence-corrected chi connectivity index (χ2v) is 7.25. The van der Waals surface area contributed by atoms with Gasteiger partial charge in [0.15, 0.2) is 0 Å². The molecule has 3 aromatic carbocycles. The van der Waals surface area contributed by atoms with Gasteiger partial charge in [0.25, 0.3) is 11.8 Å². The lowest BCUT2D eigenvalue weighted by Crippen LogP contribution is -2.17. The highest BCUT2D eigenvalue weighted by Crippen LogP contribution is 2.14. The van der Waals surface area contributed by atoms with Crippen molar-refractivity contribution < 1.29 is 9.59 Å². The predicted molar refractivity (Wildman–Crippen MR) is 119 cm³/mol. The molecule has 0 atom stereocenters. The third-order valence-corrected chi connectivity index (χ3v) is 4.92. The van der Waals surface area contributed by atoms with Crippen molar-refractivity contribution in [3.05, 3.63) is 95.1 Å². The van der Waals surface area contributed by atoms with Crippen LogP contribution >= 0.6 is 11.8 Å². The summed E-state index contributed by atoms with van der Waals surface area (Å²) in [5, 5.41) is 6.81. The van der Waals surface area contributed by atoms with Crippen LogP contribution in [0.25, 0.3) is 0 Å². The average molecular weight is 404 g/mol. The van der Waals surface area contributed by atoms with Gasteiger partial charge in [0.05, 0.1) is 6.21 Å². The summed E-state index contributed by atoms with van der Waals surface area (Å²) in [6, 6.07) is 21.9. The Morgan fingerprint density at radius 3 is 2.28 bits per heavy atom. The SMILES string of the molecule is CSc1ccc(C=NNC(=O)c2ccc(NC(=O)c3cccc(C)c3)cc2)cc1. The molecule has 0 unspecified atom stereocenters. The van der Waals surface area contributed by atoms with Crippen molar-refractivity contribution in [2.75, 3.05) is 11.6 Å². The van der Waals surface area contributed by atoms with Crippen molar-refractivity contribution >= 4 is 35.5 Å². The Bertz CT molecular complexity index is 1030. The van der Waals surface area contributed by atoms with Gasteiger partial charge in [-0.05, 0) is 67.3 Å². The number of rotatable bonds is 6. The zero-order chi connectivity index (χ0) is 20.6. The maximum absolute atomic E-state index is 12.3. The molecule has 0 fully saturated rings. The standard InChI is InChI=1S/C23H21N3O2S/c1-16-4-3-5-19(14-16)22(27)25-20-10-8-18(9-11-20)23(28)26-24-15-17-6-12-21(29-2)13-7-17/h3-15H,1-2H3,(H,25,27)(H,26,28). The number of hydrogen-bond donors (Lipinski definition) is 2. The predicted octanol–water partition coefficient (Wildman–Crippen LogP) is 4.73. The zero-order valence-corrected chi connectivity index (χ0v) is 17.0. The monoisotopic (exact) mass is 403 g/mol. The Labute approximate surface area is 174 Å². The lowest BCUT2D eigenvalue weighted by Gasteiger charge is -2.07. The fraction of sp³-hybridized carbons (Fsp3) is 0.0870. The Morgan fingerprint density at radius 2 is 1.62 bits per heavy atom. The van der Waals surface area contributed by atoms with E-state index >= 15 is 0 Å². The van der Waals surface area contributed by atoms with Crippen LogP contribution in [-0.4, -0.2) is 24.3 Å². The smallest absolute Gasteiger partial charge is 0.271 e. The summed E-state index contributed by atoms with van der Waals surface area (Å²) in [5.74, 6) is -0.512. The van der Waals surface area contributed by atoms with E-state index in [4.69, 9.17) is 0 Å². The number of thioether (sulfide) groups is 1. The van der Waals surface area contributed by atoms with E-state index in [9.17, 15) is 9.59 Å². The molecule has 146 valence electrons. The Hall–Kier alpha value is -3.38. The average Bonchev–Trinajstić information content (AvgIpc) is 2.74. The van der Waals surface area contributed by atoms with Gasteiger partial charge in [0.2, 0.25) is 0 Å². The van der Waals surface area contributed by atoms with E-state index in [1.165, 1.54) is 4.90 Å². The molecule has 0 saturated carbocycles. The molecule has 0 bridgehead atoms. The van der Waals surface area contributed by atoms with Crippen LogP contribution in [0.15, 0.2) is 82.8 Å². The molecular weight excluding hydrogens is 382 g/mol. The lowest BCUT2D eigenvalue weighted by atomic mass is 10.1. The topological polar surface area (TPSA) is 70.6 Å². The van der Waals surface area contributed by atoms with Crippen molar-refractivity contribution in [1.29, 1.82) is 0 Å². The first-order valence-electron chi connectivity index (χ1n) is 9.01. The highest BCUT2D eigenvalue weighted by Gasteiger charge is 2.08. The molecule has 0 radical (unpaired) electrons. The van der Waals surface area contributed by atoms with Gasteiger partial charge in [0.1, 0.15) is 0 Å². The van der Waals surface area contributed by atoms with Gasteiger partial charge < -0.3 is 5.32 Å². The van der Waals surface area contributed by atoms with Crippen LogP contribution in [0.5, 0.6) is 0 Å². The van der Waals surface area contributed by atoms with Crippen molar-refractivity contribution in [2.24, 2.45) is 5.10 Å². The number of nitrogens with one attached hydrogen (secondary N) is 2. The second kappa shape index (κ2) is 9.71. The van der Waals surface area contributed by atoms with E-state index in [2.05, 4.69) is 15.8 Å². The van der Waals surface area contributed by atoms with Gasteiger partial charge in [-0.25, -0.2) is 5.43 Å². The fourth-order valence-corrected chi connectivity index (χ4v) is 3.02. The molecule has 0 spiro atoms. The number of amides is 2. The summed E-state index contributed by atoms with van der Waals surface area (Å²) in [6.07, 6.45) is 3.61. The molecule has 5 nitrogen and oxygen atoms in total. The highest BCUT2D eigenvalue weighted by molar-refractivity contribution is 7.98. The van der Waals surface area contributed by atoms with E-state index in [0.717, 1.165) is 11.1 Å². The minimum absolute atomic E-state index is 0.192. The Kier molecular flexibility index (Phi) is 6.81. The number of benzene rings is 3. The molecule has 0 aliphatic carbocycles. The molecule has 3 aromatic rings. The number of anilines is 1. The fourth-order valence-electron chi connectivity index (χ4n) is 2.61. The molecule has 6 heteroatoms. The maximum atomic E-state index is 12.3. The summed E-state index contributed by atoms with van der Waals surface area (Å²) in [5.41, 5.74) is 6.08. The summed E-state index contributed by atoms with van der Waals surface area (Å²) in [7, 11) is 0. The molecule has 29 heavy (non-hydrogen) atoms. The van der Waals surface area contributed by atoms with Gasteiger partial charge in [-0.3, -0.25) is 9.59 Å². The molecule has 0 aliphatic rings. The van der Waals surface area contributed by atoms with E-state index in [1.54, 1.807) is 48.3 Å². The lowest BCUT2D eigenvalue weighted by molar-refractivity contribution is 0.0954. The first-order valence-corrected chi connectivity index (χ1v) is 10.2. The molecule has 2 N–H and O–H groups in total. The van der Waals surface area contributed by atoms with Gasteiger partial charge in [-0.15, -0.1) is 11.8 Å². The minimum Gasteiger partial charge on any atom is -0.322 e.